The van der Waals surface area contributed by atoms with Crippen molar-refractivity contribution in [2.75, 3.05) is 13.1 Å². The van der Waals surface area contributed by atoms with Crippen LogP contribution < -0.4 is 10.6 Å². The standard InChI is InChI=1S/C23H26N4O3/c1-15-12-18(16-6-3-2-4-7-16)13-20(24-15)17-8-5-11-27(14-17)22(29)19-9-10-21(28)26-23(30)25-19/h2-4,6-7,12-13,17,19H,5,8-11,14H2,1H3,(H2,25,26,28,30)/t17-,19-/m0/s1. The summed E-state index contributed by atoms with van der Waals surface area (Å²) in [6.45, 7) is 3.21. The second-order valence-electron chi connectivity index (χ2n) is 8.02. The Hall–Kier alpha value is -3.22. The average Bonchev–Trinajstić information content (AvgIpc) is 2.93. The van der Waals surface area contributed by atoms with Gasteiger partial charge in [-0.05, 0) is 49.4 Å². The molecule has 30 heavy (non-hydrogen) atoms. The average molecular weight is 406 g/mol. The van der Waals surface area contributed by atoms with Gasteiger partial charge in [0.15, 0.2) is 0 Å². The fourth-order valence-corrected chi connectivity index (χ4v) is 4.26. The van der Waals surface area contributed by atoms with Crippen LogP contribution in [-0.2, 0) is 9.59 Å². The quantitative estimate of drug-likeness (QED) is 0.820. The van der Waals surface area contributed by atoms with E-state index in [4.69, 9.17) is 4.98 Å². The maximum atomic E-state index is 13.0. The number of benzene rings is 1. The SMILES string of the molecule is Cc1cc(-c2ccccc2)cc([C@H]2CCCN(C(=O)[C@@H]3CCC(=O)NC(=O)N3)C2)n1. The second-order valence-corrected chi connectivity index (χ2v) is 8.02. The molecule has 0 spiro atoms. The zero-order valence-electron chi connectivity index (χ0n) is 17.1. The van der Waals surface area contributed by atoms with Crippen molar-refractivity contribution in [1.82, 2.24) is 20.5 Å². The van der Waals surface area contributed by atoms with E-state index >= 15 is 0 Å². The van der Waals surface area contributed by atoms with Crippen molar-refractivity contribution < 1.29 is 14.4 Å². The third-order valence-corrected chi connectivity index (χ3v) is 5.75. The molecular formula is C23H26N4O3. The van der Waals surface area contributed by atoms with Crippen molar-refractivity contribution in [3.8, 4) is 11.1 Å². The van der Waals surface area contributed by atoms with Gasteiger partial charge in [-0.3, -0.25) is 19.9 Å². The van der Waals surface area contributed by atoms with Gasteiger partial charge in [0.1, 0.15) is 6.04 Å². The van der Waals surface area contributed by atoms with Crippen LogP contribution in [0.1, 0.15) is 43.0 Å². The molecule has 7 nitrogen and oxygen atoms in total. The van der Waals surface area contributed by atoms with E-state index in [1.54, 1.807) is 4.90 Å². The van der Waals surface area contributed by atoms with Crippen molar-refractivity contribution in [2.45, 2.75) is 44.6 Å². The number of nitrogens with one attached hydrogen (secondary N) is 2. The lowest BCUT2D eigenvalue weighted by Gasteiger charge is -2.34. The van der Waals surface area contributed by atoms with Gasteiger partial charge in [-0.15, -0.1) is 0 Å². The number of rotatable bonds is 3. The number of nitrogens with zero attached hydrogens (tertiary/aromatic N) is 2. The first-order valence-corrected chi connectivity index (χ1v) is 10.4. The molecule has 4 rings (SSSR count). The lowest BCUT2D eigenvalue weighted by atomic mass is 9.91. The van der Waals surface area contributed by atoms with Gasteiger partial charge in [0, 0.05) is 36.8 Å². The normalized spacial score (nSPS) is 22.1. The Morgan fingerprint density at radius 2 is 1.90 bits per heavy atom. The molecule has 156 valence electrons. The molecule has 2 fully saturated rings. The molecule has 2 saturated heterocycles. The molecule has 0 bridgehead atoms. The maximum Gasteiger partial charge on any atom is 0.322 e. The summed E-state index contributed by atoms with van der Waals surface area (Å²) >= 11 is 0. The summed E-state index contributed by atoms with van der Waals surface area (Å²) in [7, 11) is 0. The zero-order valence-corrected chi connectivity index (χ0v) is 17.1. The van der Waals surface area contributed by atoms with Crippen molar-refractivity contribution in [3.63, 3.8) is 0 Å². The molecular weight excluding hydrogens is 380 g/mol. The number of piperidine rings is 1. The van der Waals surface area contributed by atoms with Gasteiger partial charge in [0.25, 0.3) is 0 Å². The highest BCUT2D eigenvalue weighted by atomic mass is 16.2. The molecule has 2 atom stereocenters. The van der Waals surface area contributed by atoms with Crippen LogP contribution >= 0.6 is 0 Å². The number of aromatic nitrogens is 1. The van der Waals surface area contributed by atoms with Crippen LogP contribution in [0.15, 0.2) is 42.5 Å². The molecule has 0 unspecified atom stereocenters. The van der Waals surface area contributed by atoms with E-state index in [0.29, 0.717) is 19.5 Å². The fraction of sp³-hybridized carbons (Fsp3) is 0.391. The van der Waals surface area contributed by atoms with Crippen LogP contribution in [0.25, 0.3) is 11.1 Å². The number of pyridine rings is 1. The molecule has 0 saturated carbocycles. The molecule has 2 aliphatic rings. The Morgan fingerprint density at radius 3 is 2.70 bits per heavy atom. The number of urea groups is 1. The molecule has 2 aliphatic heterocycles. The van der Waals surface area contributed by atoms with E-state index in [9.17, 15) is 14.4 Å². The summed E-state index contributed by atoms with van der Waals surface area (Å²) in [5.41, 5.74) is 4.22. The maximum absolute atomic E-state index is 13.0. The molecule has 2 aromatic rings. The van der Waals surface area contributed by atoms with E-state index in [-0.39, 0.29) is 24.2 Å². The van der Waals surface area contributed by atoms with Crippen LogP contribution in [0, 0.1) is 6.92 Å². The Balaban J connectivity index is 1.51. The highest BCUT2D eigenvalue weighted by molar-refractivity contribution is 5.98. The summed E-state index contributed by atoms with van der Waals surface area (Å²) in [5.74, 6) is -0.330. The van der Waals surface area contributed by atoms with E-state index in [0.717, 1.165) is 35.4 Å². The van der Waals surface area contributed by atoms with E-state index < -0.39 is 12.1 Å². The highest BCUT2D eigenvalue weighted by Crippen LogP contribution is 2.30. The van der Waals surface area contributed by atoms with Crippen LogP contribution in [0.2, 0.25) is 0 Å². The summed E-state index contributed by atoms with van der Waals surface area (Å²) in [5, 5.41) is 4.85. The molecule has 1 aromatic heterocycles. The number of hydrogen-bond acceptors (Lipinski definition) is 4. The Kier molecular flexibility index (Phi) is 5.79. The molecule has 0 aliphatic carbocycles. The first kappa shape index (κ1) is 20.1. The summed E-state index contributed by atoms with van der Waals surface area (Å²) in [6.07, 6.45) is 2.32. The number of aryl methyl sites for hydroxylation is 1. The lowest BCUT2D eigenvalue weighted by Crippen LogP contribution is -2.51. The van der Waals surface area contributed by atoms with E-state index in [1.807, 2.05) is 25.1 Å². The Bertz CT molecular complexity index is 960. The van der Waals surface area contributed by atoms with Crippen LogP contribution in [0.5, 0.6) is 0 Å². The van der Waals surface area contributed by atoms with Gasteiger partial charge in [-0.2, -0.15) is 0 Å². The van der Waals surface area contributed by atoms with Gasteiger partial charge >= 0.3 is 6.03 Å². The first-order valence-electron chi connectivity index (χ1n) is 10.4. The summed E-state index contributed by atoms with van der Waals surface area (Å²) < 4.78 is 0. The smallest absolute Gasteiger partial charge is 0.322 e. The highest BCUT2D eigenvalue weighted by Gasteiger charge is 2.33. The Morgan fingerprint density at radius 1 is 1.10 bits per heavy atom. The number of carbonyl (C=O) groups excluding carboxylic acids is 3. The van der Waals surface area contributed by atoms with Gasteiger partial charge in [0.2, 0.25) is 11.8 Å². The van der Waals surface area contributed by atoms with Crippen molar-refractivity contribution in [2.24, 2.45) is 0 Å². The molecule has 7 heteroatoms. The first-order chi connectivity index (χ1) is 14.5. The summed E-state index contributed by atoms with van der Waals surface area (Å²) in [6, 6.07) is 13.1. The van der Waals surface area contributed by atoms with Crippen molar-refractivity contribution >= 4 is 17.8 Å². The van der Waals surface area contributed by atoms with Crippen molar-refractivity contribution in [3.05, 3.63) is 53.9 Å². The predicted molar refractivity (Wildman–Crippen MR) is 113 cm³/mol. The summed E-state index contributed by atoms with van der Waals surface area (Å²) in [4.78, 5) is 42.9. The van der Waals surface area contributed by atoms with E-state index in [1.165, 1.54) is 0 Å². The third-order valence-electron chi connectivity index (χ3n) is 5.75. The minimum absolute atomic E-state index is 0.125. The largest absolute Gasteiger partial charge is 0.340 e. The van der Waals surface area contributed by atoms with Gasteiger partial charge in [-0.1, -0.05) is 30.3 Å². The van der Waals surface area contributed by atoms with Crippen molar-refractivity contribution in [1.29, 1.82) is 0 Å². The molecule has 4 amide bonds. The molecule has 3 heterocycles. The number of carbonyl (C=O) groups is 3. The number of likely N-dealkylation sites (tertiary alicyclic amines) is 1. The number of hydrogen-bond donors (Lipinski definition) is 2. The second kappa shape index (κ2) is 8.65. The minimum Gasteiger partial charge on any atom is -0.340 e. The number of amides is 4. The number of imide groups is 1. The van der Waals surface area contributed by atoms with E-state index in [2.05, 4.69) is 34.9 Å². The fourth-order valence-electron chi connectivity index (χ4n) is 4.26. The predicted octanol–water partition coefficient (Wildman–Crippen LogP) is 2.75. The Labute approximate surface area is 175 Å². The van der Waals surface area contributed by atoms with Gasteiger partial charge < -0.3 is 10.2 Å². The van der Waals surface area contributed by atoms with Gasteiger partial charge in [0.05, 0.1) is 0 Å². The molecule has 1 aromatic carbocycles. The van der Waals surface area contributed by atoms with Gasteiger partial charge in [-0.25, -0.2) is 4.79 Å². The van der Waals surface area contributed by atoms with Crippen LogP contribution in [0.4, 0.5) is 4.79 Å². The minimum atomic E-state index is -0.666. The lowest BCUT2D eigenvalue weighted by molar-refractivity contribution is -0.134. The molecule has 2 N–H and O–H groups in total. The monoisotopic (exact) mass is 406 g/mol. The zero-order chi connectivity index (χ0) is 21.1. The third kappa shape index (κ3) is 4.50. The molecule has 0 radical (unpaired) electrons. The van der Waals surface area contributed by atoms with Crippen LogP contribution in [-0.4, -0.2) is 46.9 Å². The topological polar surface area (TPSA) is 91.4 Å². The van der Waals surface area contributed by atoms with Crippen LogP contribution in [0.3, 0.4) is 0 Å².